The highest BCUT2D eigenvalue weighted by Gasteiger charge is 2.11. The van der Waals surface area contributed by atoms with E-state index in [2.05, 4.69) is 37.4 Å². The average molecular weight is 495 g/mol. The molecule has 184 valence electrons. The molecule has 1 amide bonds. The second kappa shape index (κ2) is 10.3. The largest absolute Gasteiger partial charge is 0.457 e. The fraction of sp³-hybridized carbons (Fsp3) is 0.148. The summed E-state index contributed by atoms with van der Waals surface area (Å²) in [5.41, 5.74) is 3.84. The lowest BCUT2D eigenvalue weighted by atomic mass is 10.1. The number of aromatic nitrogens is 5. The molecule has 10 nitrogen and oxygen atoms in total. The smallest absolute Gasteiger partial charge is 0.307 e. The molecule has 0 bridgehead atoms. The Kier molecular flexibility index (Phi) is 6.61. The molecule has 10 heteroatoms. The number of anilines is 3. The Labute approximate surface area is 212 Å². The topological polar surface area (TPSA) is 118 Å². The molecule has 0 radical (unpaired) electrons. The SMILES string of the molecule is Cc1cc(Nc2ncnc3ccc(NC(=O)C#CCCO)cc23)ccc1Oc1ccn2c(c1)nc[n+]2C. The standard InChI is InChI=1S/C27H23N7O3/c1-18-13-19(7-9-24(18)37-21-10-11-34-25(15-21)30-17-33(34)2)32-27-22-14-20(6-8-23(22)28-16-29-27)31-26(36)5-3-4-12-35/h6-11,13-17,35H,4,12H2,1-2H3,(H-,28,29,31,32,36)/p+1. The van der Waals surface area contributed by atoms with Crippen molar-refractivity contribution in [3.05, 3.63) is 72.9 Å². The molecule has 0 unspecified atom stereocenters. The van der Waals surface area contributed by atoms with Crippen molar-refractivity contribution in [2.75, 3.05) is 17.2 Å². The third kappa shape index (κ3) is 5.32. The zero-order chi connectivity index (χ0) is 25.8. The Balaban J connectivity index is 1.35. The molecule has 2 aromatic carbocycles. The molecule has 0 aliphatic carbocycles. The second-order valence-corrected chi connectivity index (χ2v) is 8.27. The zero-order valence-corrected chi connectivity index (χ0v) is 20.3. The summed E-state index contributed by atoms with van der Waals surface area (Å²) in [6.07, 6.45) is 5.38. The van der Waals surface area contributed by atoms with E-state index in [1.807, 2.05) is 59.7 Å². The first-order valence-corrected chi connectivity index (χ1v) is 11.5. The van der Waals surface area contributed by atoms with E-state index in [9.17, 15) is 4.79 Å². The van der Waals surface area contributed by atoms with E-state index in [0.29, 0.717) is 17.3 Å². The molecule has 0 aliphatic rings. The molecule has 3 N–H and O–H groups in total. The number of aliphatic hydroxyl groups is 1. The molecule has 0 saturated carbocycles. The first-order valence-electron chi connectivity index (χ1n) is 11.5. The molecular weight excluding hydrogens is 470 g/mol. The van der Waals surface area contributed by atoms with Gasteiger partial charge in [-0.25, -0.2) is 9.97 Å². The Hall–Kier alpha value is -5.01. The molecule has 0 atom stereocenters. The van der Waals surface area contributed by atoms with Crippen molar-refractivity contribution in [2.24, 2.45) is 7.05 Å². The van der Waals surface area contributed by atoms with E-state index in [0.717, 1.165) is 33.6 Å². The fourth-order valence-corrected chi connectivity index (χ4v) is 3.79. The molecule has 0 aliphatic heterocycles. The lowest BCUT2D eigenvalue weighted by Crippen LogP contribution is -2.33. The Morgan fingerprint density at radius 1 is 1.11 bits per heavy atom. The van der Waals surface area contributed by atoms with E-state index in [4.69, 9.17) is 9.84 Å². The van der Waals surface area contributed by atoms with E-state index in [-0.39, 0.29) is 13.0 Å². The van der Waals surface area contributed by atoms with E-state index >= 15 is 0 Å². The monoisotopic (exact) mass is 494 g/mol. The number of fused-ring (bicyclic) bond motifs is 2. The van der Waals surface area contributed by atoms with E-state index in [1.54, 1.807) is 24.5 Å². The van der Waals surface area contributed by atoms with Gasteiger partial charge in [0.1, 0.15) is 30.7 Å². The maximum absolute atomic E-state index is 12.0. The summed E-state index contributed by atoms with van der Waals surface area (Å²) in [6, 6.07) is 14.9. The summed E-state index contributed by atoms with van der Waals surface area (Å²) in [5, 5.41) is 15.6. The Morgan fingerprint density at radius 3 is 2.81 bits per heavy atom. The number of amides is 1. The van der Waals surface area contributed by atoms with Gasteiger partial charge in [-0.2, -0.15) is 4.68 Å². The number of nitrogens with zero attached hydrogens (tertiary/aromatic N) is 5. The third-order valence-electron chi connectivity index (χ3n) is 5.58. The molecule has 3 heterocycles. The maximum atomic E-state index is 12.0. The number of carbonyl (C=O) groups is 1. The van der Waals surface area contributed by atoms with Crippen LogP contribution in [0.3, 0.4) is 0 Å². The van der Waals surface area contributed by atoms with Crippen molar-refractivity contribution in [3.8, 4) is 23.3 Å². The molecule has 0 saturated heterocycles. The van der Waals surface area contributed by atoms with E-state index in [1.165, 1.54) is 6.33 Å². The van der Waals surface area contributed by atoms with Gasteiger partial charge in [-0.1, -0.05) is 5.92 Å². The second-order valence-electron chi connectivity index (χ2n) is 8.27. The lowest BCUT2D eigenvalue weighted by Gasteiger charge is -2.13. The number of hydrogen-bond donors (Lipinski definition) is 3. The number of nitrogens with one attached hydrogen (secondary N) is 2. The molecule has 37 heavy (non-hydrogen) atoms. The summed E-state index contributed by atoms with van der Waals surface area (Å²) in [6.45, 7) is 1.88. The summed E-state index contributed by atoms with van der Waals surface area (Å²) in [5.74, 6) is 6.62. The highest BCUT2D eigenvalue weighted by Crippen LogP contribution is 2.30. The van der Waals surface area contributed by atoms with Crippen molar-refractivity contribution in [3.63, 3.8) is 0 Å². The Bertz CT molecular complexity index is 1680. The van der Waals surface area contributed by atoms with Crippen LogP contribution in [-0.4, -0.2) is 37.1 Å². The zero-order valence-electron chi connectivity index (χ0n) is 20.3. The summed E-state index contributed by atoms with van der Waals surface area (Å²) >= 11 is 0. The third-order valence-corrected chi connectivity index (χ3v) is 5.58. The minimum absolute atomic E-state index is 0.0880. The van der Waals surface area contributed by atoms with Gasteiger partial charge < -0.3 is 20.5 Å². The highest BCUT2D eigenvalue weighted by atomic mass is 16.5. The van der Waals surface area contributed by atoms with Crippen LogP contribution < -0.4 is 20.1 Å². The van der Waals surface area contributed by atoms with Crippen molar-refractivity contribution in [1.82, 2.24) is 19.5 Å². The Morgan fingerprint density at radius 2 is 1.97 bits per heavy atom. The number of pyridine rings is 1. The van der Waals surface area contributed by atoms with Crippen LogP contribution in [0.2, 0.25) is 0 Å². The molecule has 5 aromatic rings. The van der Waals surface area contributed by atoms with Crippen LogP contribution in [-0.2, 0) is 11.8 Å². The van der Waals surface area contributed by atoms with Crippen LogP contribution in [0, 0.1) is 18.8 Å². The number of hydrogen-bond acceptors (Lipinski definition) is 7. The van der Waals surface area contributed by atoms with Gasteiger partial charge in [-0.05, 0) is 59.8 Å². The van der Waals surface area contributed by atoms with Gasteiger partial charge in [0, 0.05) is 29.2 Å². The van der Waals surface area contributed by atoms with Crippen LogP contribution >= 0.6 is 0 Å². The number of rotatable bonds is 6. The first kappa shape index (κ1) is 23.7. The van der Waals surface area contributed by atoms with Crippen molar-refractivity contribution >= 4 is 39.6 Å². The fourth-order valence-electron chi connectivity index (χ4n) is 3.79. The predicted octanol–water partition coefficient (Wildman–Crippen LogP) is 3.27. The average Bonchev–Trinajstić information content (AvgIpc) is 3.26. The normalized spacial score (nSPS) is 10.7. The number of carbonyl (C=O) groups excluding carboxylic acids is 1. The molecule has 0 fully saturated rings. The van der Waals surface area contributed by atoms with Crippen LogP contribution in [0.5, 0.6) is 11.5 Å². The van der Waals surface area contributed by atoms with Crippen LogP contribution in [0.25, 0.3) is 16.6 Å². The number of ether oxygens (including phenoxy) is 1. The van der Waals surface area contributed by atoms with Gasteiger partial charge in [0.05, 0.1) is 24.4 Å². The minimum atomic E-state index is -0.453. The van der Waals surface area contributed by atoms with Gasteiger partial charge in [0.25, 0.3) is 11.6 Å². The van der Waals surface area contributed by atoms with Gasteiger partial charge >= 0.3 is 6.33 Å². The van der Waals surface area contributed by atoms with Crippen LogP contribution in [0.1, 0.15) is 12.0 Å². The van der Waals surface area contributed by atoms with E-state index < -0.39 is 5.91 Å². The van der Waals surface area contributed by atoms with Gasteiger partial charge in [-0.15, -0.1) is 4.52 Å². The number of benzene rings is 2. The number of aryl methyl sites for hydroxylation is 2. The first-order chi connectivity index (χ1) is 18.0. The molecular formula is C27H24N7O3+. The maximum Gasteiger partial charge on any atom is 0.307 e. The minimum Gasteiger partial charge on any atom is -0.457 e. The lowest BCUT2D eigenvalue weighted by molar-refractivity contribution is -0.739. The summed E-state index contributed by atoms with van der Waals surface area (Å²) in [7, 11) is 1.92. The van der Waals surface area contributed by atoms with Gasteiger partial charge in [-0.3, -0.25) is 4.79 Å². The van der Waals surface area contributed by atoms with Crippen LogP contribution in [0.15, 0.2) is 67.4 Å². The van der Waals surface area contributed by atoms with Crippen molar-refractivity contribution in [1.29, 1.82) is 0 Å². The van der Waals surface area contributed by atoms with Gasteiger partial charge in [0.2, 0.25) is 0 Å². The highest BCUT2D eigenvalue weighted by molar-refractivity contribution is 6.05. The van der Waals surface area contributed by atoms with Crippen molar-refractivity contribution in [2.45, 2.75) is 13.3 Å². The quantitative estimate of drug-likeness (QED) is 0.245. The predicted molar refractivity (Wildman–Crippen MR) is 139 cm³/mol. The van der Waals surface area contributed by atoms with Gasteiger partial charge in [0.15, 0.2) is 0 Å². The van der Waals surface area contributed by atoms with Crippen LogP contribution in [0.4, 0.5) is 17.2 Å². The van der Waals surface area contributed by atoms with Crippen molar-refractivity contribution < 1.29 is 19.3 Å². The number of aliphatic hydroxyl groups excluding tert-OH is 1. The summed E-state index contributed by atoms with van der Waals surface area (Å²) < 4.78 is 9.91. The molecule has 5 rings (SSSR count). The molecule has 3 aromatic heterocycles. The summed E-state index contributed by atoms with van der Waals surface area (Å²) in [4.78, 5) is 25.1. The molecule has 0 spiro atoms.